The molecule has 0 spiro atoms. The van der Waals surface area contributed by atoms with E-state index in [0.717, 1.165) is 17.4 Å². The van der Waals surface area contributed by atoms with E-state index in [2.05, 4.69) is 5.10 Å². The Morgan fingerprint density at radius 2 is 1.87 bits per heavy atom. The van der Waals surface area contributed by atoms with Gasteiger partial charge in [-0.15, -0.1) is 0 Å². The molecular formula is C33H38FN5O6S. The number of likely N-dealkylation sites (tertiary alicyclic amines) is 1. The van der Waals surface area contributed by atoms with Gasteiger partial charge in [-0.1, -0.05) is 11.3 Å². The number of carbonyl (C=O) groups is 2. The van der Waals surface area contributed by atoms with Gasteiger partial charge in [-0.3, -0.25) is 19.0 Å². The minimum atomic E-state index is -1.49. The number of amides is 1. The van der Waals surface area contributed by atoms with Gasteiger partial charge in [0.1, 0.15) is 38.8 Å². The summed E-state index contributed by atoms with van der Waals surface area (Å²) in [5.74, 6) is -0.271. The maximum Gasteiger partial charge on any atom is 0.333 e. The highest BCUT2D eigenvalue weighted by molar-refractivity contribution is 7.21. The molecule has 2 fully saturated rings. The van der Waals surface area contributed by atoms with Crippen molar-refractivity contribution in [1.29, 1.82) is 0 Å². The molecule has 46 heavy (non-hydrogen) atoms. The minimum absolute atomic E-state index is 0.105. The third-order valence-electron chi connectivity index (χ3n) is 9.11. The number of benzene rings is 1. The molecule has 0 unspecified atom stereocenters. The van der Waals surface area contributed by atoms with Crippen LogP contribution in [0, 0.1) is 12.7 Å². The lowest BCUT2D eigenvalue weighted by molar-refractivity contribution is -0.138. The summed E-state index contributed by atoms with van der Waals surface area (Å²) in [6.07, 6.45) is 5.64. The van der Waals surface area contributed by atoms with Crippen LogP contribution < -0.4 is 16.0 Å². The third kappa shape index (κ3) is 5.70. The van der Waals surface area contributed by atoms with E-state index in [-0.39, 0.29) is 24.3 Å². The van der Waals surface area contributed by atoms with Crippen molar-refractivity contribution in [3.63, 3.8) is 0 Å². The lowest BCUT2D eigenvalue weighted by atomic mass is 9.96. The normalized spacial score (nSPS) is 16.8. The maximum atomic E-state index is 14.7. The molecule has 11 nitrogen and oxygen atoms in total. The Bertz CT molecular complexity index is 1890. The highest BCUT2D eigenvalue weighted by atomic mass is 32.1. The Morgan fingerprint density at radius 3 is 2.52 bits per heavy atom. The number of ketones is 1. The number of Topliss-reactive ketones (excluding diaryl/α,β-unsaturated/α-hetero) is 1. The van der Waals surface area contributed by atoms with Crippen molar-refractivity contribution in [2.24, 2.45) is 0 Å². The summed E-state index contributed by atoms with van der Waals surface area (Å²) in [5.41, 5.74) is -1.72. The van der Waals surface area contributed by atoms with Crippen LogP contribution in [0.4, 0.5) is 4.39 Å². The standard InChI is InChI=1S/C33H38FN5O6S/c1-20-27-28(41)39(33(2,3)31(42)36-15-5-6-16-36)32(43)37(30(27)46-29(20)38-17-7-14-35-38)19-26(45-23-11-9-22(40)10-12-23)24-18-21(34)8-13-25(24)44-4/h7-8,13-14,17-18,23,26H,5-6,9-12,15-16,19H2,1-4H3/t26-/m0/s1. The molecule has 1 amide bonds. The van der Waals surface area contributed by atoms with Crippen LogP contribution in [-0.4, -0.2) is 61.8 Å². The zero-order valence-corrected chi connectivity index (χ0v) is 27.3. The quantitative estimate of drug-likeness (QED) is 0.262. The Hall–Kier alpha value is -4.10. The van der Waals surface area contributed by atoms with Crippen LogP contribution in [0.2, 0.25) is 0 Å². The van der Waals surface area contributed by atoms with E-state index in [1.807, 2.05) is 0 Å². The molecule has 1 aliphatic carbocycles. The number of hydrogen-bond acceptors (Lipinski definition) is 8. The van der Waals surface area contributed by atoms with Crippen LogP contribution in [0.3, 0.4) is 0 Å². The minimum Gasteiger partial charge on any atom is -0.496 e. The van der Waals surface area contributed by atoms with Gasteiger partial charge < -0.3 is 14.4 Å². The molecule has 0 N–H and O–H groups in total. The van der Waals surface area contributed by atoms with E-state index in [9.17, 15) is 23.6 Å². The van der Waals surface area contributed by atoms with Crippen LogP contribution in [0.15, 0.2) is 46.2 Å². The van der Waals surface area contributed by atoms with E-state index in [1.54, 1.807) is 48.8 Å². The summed E-state index contributed by atoms with van der Waals surface area (Å²) in [6, 6.07) is 5.88. The first-order valence-electron chi connectivity index (χ1n) is 15.6. The molecule has 1 aromatic carbocycles. The maximum absolute atomic E-state index is 14.7. The molecule has 1 saturated carbocycles. The Balaban J connectivity index is 1.57. The number of fused-ring (bicyclic) bond motifs is 1. The van der Waals surface area contributed by atoms with Gasteiger partial charge in [0.25, 0.3) is 5.56 Å². The van der Waals surface area contributed by atoms with Gasteiger partial charge in [0.15, 0.2) is 0 Å². The molecule has 1 saturated heterocycles. The first-order chi connectivity index (χ1) is 22.0. The fraction of sp³-hybridized carbons (Fsp3) is 0.485. The number of aromatic nitrogens is 4. The van der Waals surface area contributed by atoms with Crippen LogP contribution in [-0.2, 0) is 26.4 Å². The average Bonchev–Trinajstić information content (AvgIpc) is 3.81. The van der Waals surface area contributed by atoms with E-state index in [0.29, 0.717) is 70.9 Å². The summed E-state index contributed by atoms with van der Waals surface area (Å²) in [5, 5.41) is 5.31. The van der Waals surface area contributed by atoms with Crippen molar-refractivity contribution >= 4 is 33.2 Å². The number of nitrogens with zero attached hydrogens (tertiary/aromatic N) is 5. The Morgan fingerprint density at radius 1 is 1.15 bits per heavy atom. The number of thiophene rings is 1. The molecule has 1 atom stereocenters. The number of halogens is 1. The molecule has 0 radical (unpaired) electrons. The molecular weight excluding hydrogens is 613 g/mol. The Labute approximate surface area is 269 Å². The largest absolute Gasteiger partial charge is 0.496 e. The van der Waals surface area contributed by atoms with Crippen molar-refractivity contribution in [3.05, 3.63) is 74.4 Å². The number of carbonyl (C=O) groups excluding carboxylic acids is 2. The fourth-order valence-corrected chi connectivity index (χ4v) is 7.86. The number of rotatable bonds is 9. The zero-order chi connectivity index (χ0) is 32.7. The van der Waals surface area contributed by atoms with Crippen LogP contribution in [0.5, 0.6) is 5.75 Å². The number of ether oxygens (including phenoxy) is 2. The third-order valence-corrected chi connectivity index (χ3v) is 10.4. The molecule has 0 bridgehead atoms. The summed E-state index contributed by atoms with van der Waals surface area (Å²) in [4.78, 5) is 56.9. The molecule has 4 heterocycles. The van der Waals surface area contributed by atoms with Crippen molar-refractivity contribution in [2.75, 3.05) is 20.2 Å². The van der Waals surface area contributed by atoms with Crippen LogP contribution in [0.1, 0.15) is 69.6 Å². The molecule has 3 aromatic heterocycles. The first kappa shape index (κ1) is 31.9. The molecule has 244 valence electrons. The first-order valence-corrected chi connectivity index (χ1v) is 16.4. The van der Waals surface area contributed by atoms with E-state index in [1.165, 1.54) is 41.2 Å². The average molecular weight is 652 g/mol. The molecule has 2 aliphatic rings. The second kappa shape index (κ2) is 12.6. The second-order valence-electron chi connectivity index (χ2n) is 12.5. The SMILES string of the molecule is COc1ccc(F)cc1[C@H](Cn1c(=O)n(C(C)(C)C(=O)N2CCCC2)c(=O)c2c(C)c(-n3cccn3)sc21)OC1CCC(=O)CC1. The van der Waals surface area contributed by atoms with Crippen molar-refractivity contribution in [3.8, 4) is 10.8 Å². The zero-order valence-electron chi connectivity index (χ0n) is 26.5. The van der Waals surface area contributed by atoms with Gasteiger partial charge in [0.05, 0.1) is 25.1 Å². The predicted octanol–water partition coefficient (Wildman–Crippen LogP) is 4.49. The monoisotopic (exact) mass is 651 g/mol. The number of aryl methyl sites for hydroxylation is 1. The van der Waals surface area contributed by atoms with Crippen molar-refractivity contribution < 1.29 is 23.5 Å². The van der Waals surface area contributed by atoms with Crippen LogP contribution >= 0.6 is 11.3 Å². The molecule has 4 aromatic rings. The molecule has 13 heteroatoms. The van der Waals surface area contributed by atoms with E-state index >= 15 is 0 Å². The Kier molecular flexibility index (Phi) is 8.73. The van der Waals surface area contributed by atoms with E-state index < -0.39 is 28.7 Å². The van der Waals surface area contributed by atoms with Crippen LogP contribution in [0.25, 0.3) is 15.2 Å². The van der Waals surface area contributed by atoms with Gasteiger partial charge in [0, 0.05) is 49.5 Å². The fourth-order valence-electron chi connectivity index (χ4n) is 6.62. The summed E-state index contributed by atoms with van der Waals surface area (Å²) in [7, 11) is 1.48. The number of hydrogen-bond donors (Lipinski definition) is 0. The smallest absolute Gasteiger partial charge is 0.333 e. The van der Waals surface area contributed by atoms with Gasteiger partial charge in [-0.25, -0.2) is 18.4 Å². The van der Waals surface area contributed by atoms with Gasteiger partial charge in [-0.05, 0) is 70.7 Å². The topological polar surface area (TPSA) is 118 Å². The highest BCUT2D eigenvalue weighted by Crippen LogP contribution is 2.36. The summed E-state index contributed by atoms with van der Waals surface area (Å²) in [6.45, 7) is 6.03. The summed E-state index contributed by atoms with van der Waals surface area (Å²) < 4.78 is 31.1. The van der Waals surface area contributed by atoms with Gasteiger partial charge in [0.2, 0.25) is 5.91 Å². The molecule has 1 aliphatic heterocycles. The van der Waals surface area contributed by atoms with Crippen molar-refractivity contribution in [1.82, 2.24) is 23.8 Å². The molecule has 6 rings (SSSR count). The van der Waals surface area contributed by atoms with Gasteiger partial charge in [-0.2, -0.15) is 5.10 Å². The summed E-state index contributed by atoms with van der Waals surface area (Å²) >= 11 is 1.24. The van der Waals surface area contributed by atoms with Gasteiger partial charge >= 0.3 is 5.69 Å². The van der Waals surface area contributed by atoms with E-state index in [4.69, 9.17) is 9.47 Å². The lowest BCUT2D eigenvalue weighted by Crippen LogP contribution is -2.56. The lowest BCUT2D eigenvalue weighted by Gasteiger charge is -2.32. The number of methoxy groups -OCH3 is 1. The highest BCUT2D eigenvalue weighted by Gasteiger charge is 2.39. The predicted molar refractivity (Wildman–Crippen MR) is 171 cm³/mol. The van der Waals surface area contributed by atoms with Crippen molar-refractivity contribution in [2.45, 2.75) is 83.6 Å². The second-order valence-corrected chi connectivity index (χ2v) is 13.5.